The van der Waals surface area contributed by atoms with Crippen molar-refractivity contribution in [3.63, 3.8) is 0 Å². The smallest absolute Gasteiger partial charge is 0.258 e. The lowest BCUT2D eigenvalue weighted by Gasteiger charge is -2.11. The molecule has 30 heavy (non-hydrogen) atoms. The summed E-state index contributed by atoms with van der Waals surface area (Å²) in [5, 5.41) is 13.6. The normalized spacial score (nSPS) is 11.5. The summed E-state index contributed by atoms with van der Waals surface area (Å²) in [6, 6.07) is 13.8. The first-order valence-electron chi connectivity index (χ1n) is 10.4. The van der Waals surface area contributed by atoms with Gasteiger partial charge in [-0.05, 0) is 69.5 Å². The molecule has 6 heteroatoms. The summed E-state index contributed by atoms with van der Waals surface area (Å²) in [7, 11) is 1.50. The molecule has 158 valence electrons. The second-order valence-corrected chi connectivity index (χ2v) is 6.71. The van der Waals surface area contributed by atoms with E-state index in [-0.39, 0.29) is 6.10 Å². The van der Waals surface area contributed by atoms with E-state index in [2.05, 4.69) is 28.0 Å². The predicted molar refractivity (Wildman–Crippen MR) is 119 cm³/mol. The van der Waals surface area contributed by atoms with Gasteiger partial charge < -0.3 is 15.0 Å². The molecule has 0 bridgehead atoms. The summed E-state index contributed by atoms with van der Waals surface area (Å²) in [4.78, 5) is 4.57. The Bertz CT molecular complexity index is 1000. The molecule has 0 amide bonds. The molecular weight excluding hydrogens is 376 g/mol. The highest BCUT2D eigenvalue weighted by Gasteiger charge is 2.19. The van der Waals surface area contributed by atoms with E-state index < -0.39 is 0 Å². The van der Waals surface area contributed by atoms with E-state index in [9.17, 15) is 5.26 Å². The summed E-state index contributed by atoms with van der Waals surface area (Å²) in [6.07, 6.45) is 3.33. The molecule has 0 saturated carbocycles. The van der Waals surface area contributed by atoms with Crippen LogP contribution in [0.4, 0.5) is 0 Å². The Morgan fingerprint density at radius 2 is 1.90 bits per heavy atom. The van der Waals surface area contributed by atoms with Crippen LogP contribution < -0.4 is 10.5 Å². The summed E-state index contributed by atoms with van der Waals surface area (Å²) in [5.41, 5.74) is 9.39. The van der Waals surface area contributed by atoms with Crippen LogP contribution in [-0.2, 0) is 12.8 Å². The maximum absolute atomic E-state index is 9.40. The van der Waals surface area contributed by atoms with Crippen molar-refractivity contribution in [2.45, 2.75) is 53.1 Å². The molecule has 0 fully saturated rings. The second kappa shape index (κ2) is 11.1. The summed E-state index contributed by atoms with van der Waals surface area (Å²) >= 11 is 0. The molecule has 2 N–H and O–H groups in total. The first kappa shape index (κ1) is 23.1. The van der Waals surface area contributed by atoms with E-state index in [1.165, 1.54) is 24.6 Å². The molecule has 2 aromatic carbocycles. The lowest BCUT2D eigenvalue weighted by atomic mass is 10.0. The van der Waals surface area contributed by atoms with Gasteiger partial charge in [0.05, 0.1) is 11.7 Å². The zero-order chi connectivity index (χ0) is 22.1. The van der Waals surface area contributed by atoms with Crippen LogP contribution in [0.5, 0.6) is 5.75 Å². The average Bonchev–Trinajstić information content (AvgIpc) is 3.46. The fourth-order valence-electron chi connectivity index (χ4n) is 3.39. The molecule has 3 aromatic rings. The van der Waals surface area contributed by atoms with Crippen molar-refractivity contribution in [3.05, 3.63) is 53.1 Å². The minimum atomic E-state index is 0.00290. The Hall–Kier alpha value is -3.17. The number of rotatable bonds is 4. The molecule has 0 aliphatic heterocycles. The number of ether oxygens (including phenoxy) is 1. The van der Waals surface area contributed by atoms with Gasteiger partial charge in [0.25, 0.3) is 5.89 Å². The van der Waals surface area contributed by atoms with Gasteiger partial charge in [-0.2, -0.15) is 10.2 Å². The van der Waals surface area contributed by atoms with Crippen LogP contribution in [0, 0.1) is 11.3 Å². The molecular formula is C24H30N4O2. The summed E-state index contributed by atoms with van der Waals surface area (Å²) in [5.74, 6) is 1.56. The third kappa shape index (κ3) is 5.05. The Labute approximate surface area is 178 Å². The fourth-order valence-corrected chi connectivity index (χ4v) is 3.39. The Morgan fingerprint density at radius 1 is 1.13 bits per heavy atom. The van der Waals surface area contributed by atoms with E-state index >= 15 is 0 Å². The third-order valence-electron chi connectivity index (χ3n) is 4.52. The molecule has 0 saturated heterocycles. The van der Waals surface area contributed by atoms with Crippen LogP contribution >= 0.6 is 0 Å². The predicted octanol–water partition coefficient (Wildman–Crippen LogP) is 5.15. The highest BCUT2D eigenvalue weighted by atomic mass is 16.5. The largest absolute Gasteiger partial charge is 0.490 e. The van der Waals surface area contributed by atoms with Gasteiger partial charge in [0, 0.05) is 11.1 Å². The molecule has 1 aliphatic rings. The van der Waals surface area contributed by atoms with Crippen LogP contribution in [0.2, 0.25) is 0 Å². The number of benzene rings is 2. The molecule has 4 rings (SSSR count). The maximum atomic E-state index is 9.40. The zero-order valence-electron chi connectivity index (χ0n) is 18.4. The average molecular weight is 407 g/mol. The minimum absolute atomic E-state index is 0.00290. The Kier molecular flexibility index (Phi) is 8.57. The van der Waals surface area contributed by atoms with E-state index in [0.29, 0.717) is 28.6 Å². The Morgan fingerprint density at radius 3 is 2.60 bits per heavy atom. The molecule has 1 aromatic heterocycles. The molecule has 6 nitrogen and oxygen atoms in total. The summed E-state index contributed by atoms with van der Waals surface area (Å²) < 4.78 is 11.1. The number of aromatic nitrogens is 2. The van der Waals surface area contributed by atoms with Gasteiger partial charge in [0.1, 0.15) is 11.8 Å². The van der Waals surface area contributed by atoms with Gasteiger partial charge in [-0.3, -0.25) is 0 Å². The van der Waals surface area contributed by atoms with Crippen LogP contribution in [0.25, 0.3) is 22.8 Å². The van der Waals surface area contributed by atoms with E-state index in [4.69, 9.17) is 9.26 Å². The monoisotopic (exact) mass is 406 g/mol. The van der Waals surface area contributed by atoms with Gasteiger partial charge in [-0.25, -0.2) is 0 Å². The van der Waals surface area contributed by atoms with Crippen molar-refractivity contribution >= 4 is 0 Å². The number of hydrogen-bond donors (Lipinski definition) is 1. The van der Waals surface area contributed by atoms with Gasteiger partial charge in [0.2, 0.25) is 5.82 Å². The van der Waals surface area contributed by atoms with E-state index in [1.807, 2.05) is 45.9 Å². The van der Waals surface area contributed by atoms with Gasteiger partial charge in [-0.15, -0.1) is 0 Å². The first-order chi connectivity index (χ1) is 14.7. The highest BCUT2D eigenvalue weighted by molar-refractivity contribution is 5.66. The quantitative estimate of drug-likeness (QED) is 0.643. The van der Waals surface area contributed by atoms with Gasteiger partial charge >= 0.3 is 0 Å². The topological polar surface area (TPSA) is 98.0 Å². The Balaban J connectivity index is 0.000000757. The number of nitriles is 1. The van der Waals surface area contributed by atoms with E-state index in [0.717, 1.165) is 18.4 Å². The molecule has 1 aliphatic carbocycles. The molecule has 0 unspecified atom stereocenters. The number of fused-ring (bicyclic) bond motifs is 1. The fraction of sp³-hybridized carbons (Fsp3) is 0.375. The van der Waals surface area contributed by atoms with Crippen LogP contribution in [0.3, 0.4) is 0 Å². The molecule has 1 heterocycles. The van der Waals surface area contributed by atoms with Crippen molar-refractivity contribution in [3.8, 4) is 34.7 Å². The van der Waals surface area contributed by atoms with Crippen molar-refractivity contribution in [2.24, 2.45) is 5.73 Å². The number of hydrogen-bond acceptors (Lipinski definition) is 6. The number of nitrogens with two attached hydrogens (primary N) is 1. The number of aryl methyl sites for hydroxylation is 1. The standard InChI is InChI=1S/C21H19N3O2.C2H6.CH5N/c1-13(2)25-19-10-9-15(11-16(19)12-22)21-23-20(24-26-21)18-8-4-6-14-5-3-7-17(14)18;2*1-2/h4,6,8-11,13H,3,5,7H2,1-2H3;1-2H3;2H2,1H3. The van der Waals surface area contributed by atoms with Crippen molar-refractivity contribution in [1.29, 1.82) is 5.26 Å². The molecule has 0 radical (unpaired) electrons. The van der Waals surface area contributed by atoms with Crippen molar-refractivity contribution in [1.82, 2.24) is 10.1 Å². The maximum Gasteiger partial charge on any atom is 0.258 e. The van der Waals surface area contributed by atoms with Crippen molar-refractivity contribution < 1.29 is 9.26 Å². The lowest BCUT2D eigenvalue weighted by Crippen LogP contribution is -2.06. The van der Waals surface area contributed by atoms with Crippen LogP contribution in [0.1, 0.15) is 50.8 Å². The first-order valence-corrected chi connectivity index (χ1v) is 10.4. The number of nitrogens with zero attached hydrogens (tertiary/aromatic N) is 3. The SMILES string of the molecule is CC.CC(C)Oc1ccc(-c2nc(-c3cccc4c3CCC4)no2)cc1C#N.CN. The lowest BCUT2D eigenvalue weighted by molar-refractivity contribution is 0.241. The molecule has 0 atom stereocenters. The minimum Gasteiger partial charge on any atom is -0.490 e. The summed E-state index contributed by atoms with van der Waals surface area (Å²) in [6.45, 7) is 7.86. The van der Waals surface area contributed by atoms with Crippen LogP contribution in [-0.4, -0.2) is 23.3 Å². The van der Waals surface area contributed by atoms with Gasteiger partial charge in [-0.1, -0.05) is 37.2 Å². The van der Waals surface area contributed by atoms with E-state index in [1.54, 1.807) is 12.1 Å². The second-order valence-electron chi connectivity index (χ2n) is 6.71. The highest BCUT2D eigenvalue weighted by Crippen LogP contribution is 2.32. The van der Waals surface area contributed by atoms with Crippen molar-refractivity contribution in [2.75, 3.05) is 7.05 Å². The van der Waals surface area contributed by atoms with Gasteiger partial charge in [0.15, 0.2) is 0 Å². The van der Waals surface area contributed by atoms with Crippen LogP contribution in [0.15, 0.2) is 40.9 Å². The molecule has 0 spiro atoms. The third-order valence-corrected chi connectivity index (χ3v) is 4.52. The zero-order valence-corrected chi connectivity index (χ0v) is 18.4.